The van der Waals surface area contributed by atoms with E-state index in [1.165, 1.54) is 28.6 Å². The first-order chi connectivity index (χ1) is 24.3. The number of amides is 2. The number of benzene rings is 3. The number of guanidine groups is 1. The molecule has 0 radical (unpaired) electrons. The number of anilines is 1. The van der Waals surface area contributed by atoms with E-state index in [-0.39, 0.29) is 99.7 Å². The standard InChI is InChI=1S/C25H35N3O6S.C10H7Cl2N3O.ClH.K.H/c1-18(2)15-28(35(31,32)22-10-8-20(26)9-11-22)16-24(29)23(14-19-6-4-3-5-7-19)27-25(30)34-21-12-13-33-17-21;11-6-1-2-7-5(9(6)12)3-15-4-8(16)14-10(15)13-7;;;/h3-11,18,21,23-24,29H,12-17,26H2,1-2H3,(H,27,30);1-2H,3-4H2,(H,13,14,16);1H;;/t21-,23-,24+;;;;/m0..../s1. The SMILES string of the molecule is CC(C)CN(C[C@@H](O)[C@H](Cc1ccccc1)NC(=O)O[C@H]1CCOC1)S(=O)(=O)c1ccc(N)cc1.Cl.O=C1CN2Cc3c(ccc(Cl)c3Cl)N=C2N1.[KH]. The number of ether oxygens (including phenoxy) is 2. The molecule has 5 N–H and O–H groups in total. The van der Waals surface area contributed by atoms with Crippen molar-refractivity contribution in [2.75, 3.05) is 38.6 Å². The molecule has 3 aromatic carbocycles. The van der Waals surface area contributed by atoms with Crippen molar-refractivity contribution in [3.05, 3.63) is 87.9 Å². The molecule has 6 rings (SSSR count). The van der Waals surface area contributed by atoms with Gasteiger partial charge in [-0.3, -0.25) is 10.1 Å². The zero-order valence-corrected chi connectivity index (χ0v) is 31.9. The van der Waals surface area contributed by atoms with Crippen molar-refractivity contribution < 1.29 is 32.6 Å². The fourth-order valence-corrected chi connectivity index (χ4v) is 7.78. The molecule has 2 saturated heterocycles. The minimum atomic E-state index is -3.90. The van der Waals surface area contributed by atoms with Crippen molar-refractivity contribution in [2.45, 2.75) is 56.4 Å². The number of sulfonamides is 1. The van der Waals surface area contributed by atoms with Gasteiger partial charge in [0.15, 0.2) is 0 Å². The van der Waals surface area contributed by atoms with Crippen molar-refractivity contribution in [1.29, 1.82) is 0 Å². The second-order valence-electron chi connectivity index (χ2n) is 12.9. The van der Waals surface area contributed by atoms with E-state index in [0.717, 1.165) is 16.8 Å². The molecular formula is C35H44Cl3KN6O7S. The van der Waals surface area contributed by atoms with Gasteiger partial charge >= 0.3 is 57.5 Å². The molecular weight excluding hydrogens is 794 g/mol. The third-order valence-electron chi connectivity index (χ3n) is 8.34. The predicted molar refractivity (Wildman–Crippen MR) is 210 cm³/mol. The van der Waals surface area contributed by atoms with E-state index in [1.807, 2.05) is 49.1 Å². The molecule has 0 bridgehead atoms. The monoisotopic (exact) mass is 836 g/mol. The van der Waals surface area contributed by atoms with Crippen LogP contribution in [-0.2, 0) is 37.3 Å². The summed E-state index contributed by atoms with van der Waals surface area (Å²) in [5.41, 5.74) is 8.70. The second kappa shape index (κ2) is 20.8. The molecule has 2 amide bonds. The van der Waals surface area contributed by atoms with Crippen LogP contribution in [0.5, 0.6) is 0 Å². The maximum absolute atomic E-state index is 13.4. The summed E-state index contributed by atoms with van der Waals surface area (Å²) in [6.07, 6.45) is -1.29. The van der Waals surface area contributed by atoms with Gasteiger partial charge in [0.05, 0.1) is 52.5 Å². The first-order valence-corrected chi connectivity index (χ1v) is 18.7. The maximum atomic E-state index is 13.4. The van der Waals surface area contributed by atoms with Crippen LogP contribution in [0.2, 0.25) is 10.0 Å². The fourth-order valence-electron chi connectivity index (χ4n) is 5.76. The van der Waals surface area contributed by atoms with E-state index in [4.69, 9.17) is 38.4 Å². The number of aliphatic imine (C=N–C) groups is 1. The Morgan fingerprint density at radius 3 is 2.45 bits per heavy atom. The first kappa shape index (κ1) is 45.4. The van der Waals surface area contributed by atoms with Crippen molar-refractivity contribution in [3.8, 4) is 0 Å². The van der Waals surface area contributed by atoms with Gasteiger partial charge in [-0.05, 0) is 54.3 Å². The topological polar surface area (TPSA) is 176 Å². The fraction of sp³-hybridized carbons (Fsp3) is 0.400. The van der Waals surface area contributed by atoms with Crippen LogP contribution in [0, 0.1) is 5.92 Å². The summed E-state index contributed by atoms with van der Waals surface area (Å²) in [5, 5.41) is 17.7. The number of carbonyl (C=O) groups is 2. The summed E-state index contributed by atoms with van der Waals surface area (Å²) in [6, 6.07) is 18.1. The van der Waals surface area contributed by atoms with E-state index < -0.39 is 28.3 Å². The third-order valence-corrected chi connectivity index (χ3v) is 11.0. The van der Waals surface area contributed by atoms with E-state index in [0.29, 0.717) is 60.8 Å². The number of carbonyl (C=O) groups excluding carboxylic acids is 2. The number of rotatable bonds is 11. The Morgan fingerprint density at radius 1 is 1.11 bits per heavy atom. The zero-order valence-electron chi connectivity index (χ0n) is 28.7. The van der Waals surface area contributed by atoms with Crippen LogP contribution in [0.3, 0.4) is 0 Å². The van der Waals surface area contributed by atoms with Crippen LogP contribution in [0.25, 0.3) is 0 Å². The van der Waals surface area contributed by atoms with Crippen molar-refractivity contribution in [2.24, 2.45) is 10.9 Å². The molecule has 3 atom stereocenters. The summed E-state index contributed by atoms with van der Waals surface area (Å²) in [4.78, 5) is 30.1. The molecule has 0 aromatic heterocycles. The van der Waals surface area contributed by atoms with Gasteiger partial charge in [0.2, 0.25) is 21.9 Å². The number of nitrogens with two attached hydrogens (primary N) is 1. The van der Waals surface area contributed by atoms with Gasteiger partial charge in [-0.25, -0.2) is 18.2 Å². The number of hydrogen-bond donors (Lipinski definition) is 4. The molecule has 0 saturated carbocycles. The van der Waals surface area contributed by atoms with Crippen LogP contribution in [0.1, 0.15) is 31.4 Å². The van der Waals surface area contributed by atoms with E-state index >= 15 is 0 Å². The third kappa shape index (κ3) is 12.5. The summed E-state index contributed by atoms with van der Waals surface area (Å²) in [5.74, 6) is 0.559. The Kier molecular flexibility index (Phi) is 17.8. The van der Waals surface area contributed by atoms with Gasteiger partial charge in [-0.2, -0.15) is 4.31 Å². The van der Waals surface area contributed by atoms with Crippen LogP contribution in [-0.4, -0.2) is 143 Å². The number of fused-ring (bicyclic) bond motifs is 2. The van der Waals surface area contributed by atoms with Gasteiger partial charge in [0, 0.05) is 30.8 Å². The molecule has 18 heteroatoms. The number of aliphatic hydroxyl groups excluding tert-OH is 1. The van der Waals surface area contributed by atoms with E-state index in [2.05, 4.69) is 15.6 Å². The summed E-state index contributed by atoms with van der Waals surface area (Å²) in [6.45, 7) is 5.55. The van der Waals surface area contributed by atoms with Crippen LogP contribution < -0.4 is 16.4 Å². The molecule has 53 heavy (non-hydrogen) atoms. The average Bonchev–Trinajstić information content (AvgIpc) is 3.74. The van der Waals surface area contributed by atoms with Gasteiger partial charge in [-0.15, -0.1) is 12.4 Å². The number of alkyl carbamates (subject to hydrolysis) is 1. The van der Waals surface area contributed by atoms with Gasteiger partial charge in [0.25, 0.3) is 0 Å². The molecule has 3 aliphatic heterocycles. The number of aliphatic hydroxyl groups is 1. The molecule has 0 unspecified atom stereocenters. The number of nitrogens with zero attached hydrogens (tertiary/aromatic N) is 3. The van der Waals surface area contributed by atoms with E-state index in [9.17, 15) is 23.1 Å². The average molecular weight is 838 g/mol. The minimum absolute atomic E-state index is 0. The zero-order chi connectivity index (χ0) is 36.7. The van der Waals surface area contributed by atoms with Crippen LogP contribution >= 0.6 is 35.6 Å². The summed E-state index contributed by atoms with van der Waals surface area (Å²) in [7, 11) is -3.90. The Labute approximate surface area is 368 Å². The summed E-state index contributed by atoms with van der Waals surface area (Å²) < 4.78 is 38.7. The van der Waals surface area contributed by atoms with Crippen LogP contribution in [0.15, 0.2) is 76.6 Å². The number of nitrogen functional groups attached to an aromatic ring is 1. The Bertz CT molecular complexity index is 1840. The van der Waals surface area contributed by atoms with Gasteiger partial charge < -0.3 is 30.5 Å². The number of nitrogens with one attached hydrogen (secondary N) is 2. The number of hydrogen-bond acceptors (Lipinski definition) is 10. The van der Waals surface area contributed by atoms with Crippen molar-refractivity contribution >= 4 is 126 Å². The Balaban J connectivity index is 0.000000350. The first-order valence-electron chi connectivity index (χ1n) is 16.5. The number of halogens is 3. The van der Waals surface area contributed by atoms with Crippen molar-refractivity contribution in [1.82, 2.24) is 19.8 Å². The molecule has 3 heterocycles. The molecule has 2 fully saturated rings. The Morgan fingerprint density at radius 2 is 1.81 bits per heavy atom. The predicted octanol–water partition coefficient (Wildman–Crippen LogP) is 4.10. The second-order valence-corrected chi connectivity index (χ2v) is 15.6. The molecule has 3 aromatic rings. The molecule has 0 aliphatic carbocycles. The normalized spacial score (nSPS) is 17.2. The van der Waals surface area contributed by atoms with Crippen LogP contribution in [0.4, 0.5) is 16.2 Å². The van der Waals surface area contributed by atoms with E-state index in [1.54, 1.807) is 12.1 Å². The molecule has 284 valence electrons. The van der Waals surface area contributed by atoms with Gasteiger partial charge in [-0.1, -0.05) is 67.4 Å². The summed E-state index contributed by atoms with van der Waals surface area (Å²) >= 11 is 12.0. The molecule has 0 spiro atoms. The quantitative estimate of drug-likeness (QED) is 0.164. The van der Waals surface area contributed by atoms with Gasteiger partial charge in [0.1, 0.15) is 12.6 Å². The Hall–Kier alpha value is -1.99. The molecule has 13 nitrogen and oxygen atoms in total. The molecule has 3 aliphatic rings. The van der Waals surface area contributed by atoms with Crippen molar-refractivity contribution in [3.63, 3.8) is 0 Å².